The Bertz CT molecular complexity index is 268. The molecule has 100 valence electrons. The van der Waals surface area contributed by atoms with Crippen molar-refractivity contribution in [3.63, 3.8) is 0 Å². The molecule has 17 heavy (non-hydrogen) atoms. The lowest BCUT2D eigenvalue weighted by atomic mass is 9.94. The zero-order valence-electron chi connectivity index (χ0n) is 10.5. The third-order valence-electron chi connectivity index (χ3n) is 4.38. The maximum atomic E-state index is 12.4. The van der Waals surface area contributed by atoms with Crippen molar-refractivity contribution in [3.8, 4) is 0 Å². The molecule has 1 aliphatic heterocycles. The SMILES string of the molecule is CC1C(N)CCN1C(=O)[C@@H]1CCC[C@@H]1CN.Cl. The summed E-state index contributed by atoms with van der Waals surface area (Å²) >= 11 is 0. The summed E-state index contributed by atoms with van der Waals surface area (Å²) in [7, 11) is 0. The number of hydrogen-bond donors (Lipinski definition) is 2. The molecule has 0 aromatic carbocycles. The largest absolute Gasteiger partial charge is 0.338 e. The molecule has 1 saturated carbocycles. The number of nitrogens with zero attached hydrogens (tertiary/aromatic N) is 1. The summed E-state index contributed by atoms with van der Waals surface area (Å²) in [6.07, 6.45) is 4.21. The quantitative estimate of drug-likeness (QED) is 0.770. The zero-order chi connectivity index (χ0) is 11.7. The summed E-state index contributed by atoms with van der Waals surface area (Å²) in [5.74, 6) is 0.864. The number of amides is 1. The molecular weight excluding hydrogens is 238 g/mol. The summed E-state index contributed by atoms with van der Waals surface area (Å²) in [6.45, 7) is 3.53. The van der Waals surface area contributed by atoms with E-state index in [9.17, 15) is 4.79 Å². The summed E-state index contributed by atoms with van der Waals surface area (Å²) in [5, 5.41) is 0. The number of carbonyl (C=O) groups excluding carboxylic acids is 1. The van der Waals surface area contributed by atoms with Gasteiger partial charge < -0.3 is 16.4 Å². The first-order valence-electron chi connectivity index (χ1n) is 6.41. The Morgan fingerprint density at radius 3 is 2.59 bits per heavy atom. The molecule has 0 aromatic rings. The molecule has 0 spiro atoms. The average Bonchev–Trinajstić information content (AvgIpc) is 2.86. The van der Waals surface area contributed by atoms with E-state index in [0.717, 1.165) is 32.2 Å². The molecule has 0 bridgehead atoms. The van der Waals surface area contributed by atoms with Crippen LogP contribution >= 0.6 is 12.4 Å². The fourth-order valence-electron chi connectivity index (χ4n) is 3.13. The Labute approximate surface area is 109 Å². The van der Waals surface area contributed by atoms with Gasteiger partial charge in [-0.1, -0.05) is 6.42 Å². The highest BCUT2D eigenvalue weighted by Gasteiger charge is 2.39. The van der Waals surface area contributed by atoms with Crippen molar-refractivity contribution in [2.45, 2.75) is 44.7 Å². The third kappa shape index (κ3) is 2.75. The van der Waals surface area contributed by atoms with E-state index in [0.29, 0.717) is 18.4 Å². The maximum Gasteiger partial charge on any atom is 0.226 e. The van der Waals surface area contributed by atoms with Crippen LogP contribution in [0.2, 0.25) is 0 Å². The molecule has 1 aliphatic carbocycles. The first-order chi connectivity index (χ1) is 7.65. The molecule has 4 N–H and O–H groups in total. The van der Waals surface area contributed by atoms with Gasteiger partial charge in [0.2, 0.25) is 5.91 Å². The van der Waals surface area contributed by atoms with Crippen molar-refractivity contribution in [1.29, 1.82) is 0 Å². The normalized spacial score (nSPS) is 37.0. The topological polar surface area (TPSA) is 72.3 Å². The number of hydrogen-bond acceptors (Lipinski definition) is 3. The van der Waals surface area contributed by atoms with Gasteiger partial charge in [0.25, 0.3) is 0 Å². The highest BCUT2D eigenvalue weighted by Crippen LogP contribution is 2.34. The molecule has 4 nitrogen and oxygen atoms in total. The number of rotatable bonds is 2. The van der Waals surface area contributed by atoms with E-state index in [1.165, 1.54) is 0 Å². The molecule has 5 heteroatoms. The monoisotopic (exact) mass is 261 g/mol. The van der Waals surface area contributed by atoms with Crippen molar-refractivity contribution in [3.05, 3.63) is 0 Å². The van der Waals surface area contributed by atoms with Crippen LogP contribution in [-0.4, -0.2) is 36.0 Å². The van der Waals surface area contributed by atoms with E-state index in [-0.39, 0.29) is 30.4 Å². The van der Waals surface area contributed by atoms with Crippen molar-refractivity contribution in [2.75, 3.05) is 13.1 Å². The lowest BCUT2D eigenvalue weighted by Crippen LogP contribution is -2.44. The van der Waals surface area contributed by atoms with Gasteiger partial charge in [-0.3, -0.25) is 4.79 Å². The van der Waals surface area contributed by atoms with Crippen molar-refractivity contribution < 1.29 is 4.79 Å². The number of halogens is 1. The van der Waals surface area contributed by atoms with Gasteiger partial charge in [-0.05, 0) is 38.6 Å². The van der Waals surface area contributed by atoms with Crippen LogP contribution in [0.4, 0.5) is 0 Å². The Balaban J connectivity index is 0.00000144. The lowest BCUT2D eigenvalue weighted by Gasteiger charge is -2.28. The lowest BCUT2D eigenvalue weighted by molar-refractivity contribution is -0.137. The fraction of sp³-hybridized carbons (Fsp3) is 0.917. The van der Waals surface area contributed by atoms with Gasteiger partial charge in [-0.25, -0.2) is 0 Å². The molecule has 4 atom stereocenters. The number of likely N-dealkylation sites (tertiary alicyclic amines) is 1. The number of nitrogens with two attached hydrogens (primary N) is 2. The average molecular weight is 262 g/mol. The molecular formula is C12H24ClN3O. The van der Waals surface area contributed by atoms with E-state index in [4.69, 9.17) is 11.5 Å². The van der Waals surface area contributed by atoms with E-state index < -0.39 is 0 Å². The first kappa shape index (κ1) is 14.7. The molecule has 2 unspecified atom stereocenters. The number of carbonyl (C=O) groups is 1. The molecule has 1 amide bonds. The van der Waals surface area contributed by atoms with Crippen LogP contribution in [0.3, 0.4) is 0 Å². The fourth-order valence-corrected chi connectivity index (χ4v) is 3.13. The minimum Gasteiger partial charge on any atom is -0.338 e. The third-order valence-corrected chi connectivity index (χ3v) is 4.38. The van der Waals surface area contributed by atoms with Gasteiger partial charge in [0.05, 0.1) is 0 Å². The van der Waals surface area contributed by atoms with E-state index in [1.54, 1.807) is 0 Å². The second-order valence-corrected chi connectivity index (χ2v) is 5.26. The van der Waals surface area contributed by atoms with Crippen LogP contribution in [0, 0.1) is 11.8 Å². The van der Waals surface area contributed by atoms with Gasteiger partial charge in [0.15, 0.2) is 0 Å². The minimum atomic E-state index is 0. The first-order valence-corrected chi connectivity index (χ1v) is 6.41. The van der Waals surface area contributed by atoms with Crippen LogP contribution < -0.4 is 11.5 Å². The smallest absolute Gasteiger partial charge is 0.226 e. The maximum absolute atomic E-state index is 12.4. The second kappa shape index (κ2) is 6.03. The summed E-state index contributed by atoms with van der Waals surface area (Å²) in [6, 6.07) is 0.355. The minimum absolute atomic E-state index is 0. The zero-order valence-corrected chi connectivity index (χ0v) is 11.3. The van der Waals surface area contributed by atoms with Gasteiger partial charge in [0.1, 0.15) is 0 Å². The van der Waals surface area contributed by atoms with Crippen LogP contribution in [0.5, 0.6) is 0 Å². The molecule has 2 fully saturated rings. The second-order valence-electron chi connectivity index (χ2n) is 5.26. The van der Waals surface area contributed by atoms with Crippen LogP contribution in [0.15, 0.2) is 0 Å². The highest BCUT2D eigenvalue weighted by atomic mass is 35.5. The Morgan fingerprint density at radius 1 is 1.35 bits per heavy atom. The van der Waals surface area contributed by atoms with E-state index >= 15 is 0 Å². The highest BCUT2D eigenvalue weighted by molar-refractivity contribution is 5.85. The molecule has 2 aliphatic rings. The van der Waals surface area contributed by atoms with Gasteiger partial charge in [0, 0.05) is 24.5 Å². The summed E-state index contributed by atoms with van der Waals surface area (Å²) in [4.78, 5) is 14.4. The molecule has 2 rings (SSSR count). The Kier molecular flexibility index (Phi) is 5.22. The van der Waals surface area contributed by atoms with Gasteiger partial charge in [-0.2, -0.15) is 0 Å². The van der Waals surface area contributed by atoms with Gasteiger partial charge in [-0.15, -0.1) is 12.4 Å². The predicted octanol–water partition coefficient (Wildman–Crippen LogP) is 0.731. The van der Waals surface area contributed by atoms with Crippen molar-refractivity contribution >= 4 is 18.3 Å². The Morgan fingerprint density at radius 2 is 2.06 bits per heavy atom. The summed E-state index contributed by atoms with van der Waals surface area (Å²) < 4.78 is 0. The standard InChI is InChI=1S/C12H23N3O.ClH/c1-8-11(14)5-6-15(8)12(16)10-4-2-3-9(10)7-13;/h8-11H,2-7,13-14H2,1H3;1H/t8?,9-,10-,11?;/m1./s1. The summed E-state index contributed by atoms with van der Waals surface area (Å²) in [5.41, 5.74) is 11.7. The molecule has 0 radical (unpaired) electrons. The van der Waals surface area contributed by atoms with E-state index in [1.807, 2.05) is 4.90 Å². The van der Waals surface area contributed by atoms with Crippen LogP contribution in [-0.2, 0) is 4.79 Å². The van der Waals surface area contributed by atoms with Crippen molar-refractivity contribution in [1.82, 2.24) is 4.90 Å². The Hall–Kier alpha value is -0.320. The van der Waals surface area contributed by atoms with Gasteiger partial charge >= 0.3 is 0 Å². The molecule has 1 heterocycles. The van der Waals surface area contributed by atoms with Crippen molar-refractivity contribution in [2.24, 2.45) is 23.3 Å². The molecule has 0 aromatic heterocycles. The molecule has 1 saturated heterocycles. The van der Waals surface area contributed by atoms with Crippen LogP contribution in [0.1, 0.15) is 32.6 Å². The van der Waals surface area contributed by atoms with E-state index in [2.05, 4.69) is 6.92 Å². The van der Waals surface area contributed by atoms with Crippen LogP contribution in [0.25, 0.3) is 0 Å². The predicted molar refractivity (Wildman–Crippen MR) is 70.9 cm³/mol.